The van der Waals surface area contributed by atoms with Crippen LogP contribution in [0.2, 0.25) is 5.02 Å². The molecule has 0 atom stereocenters. The molecule has 0 N–H and O–H groups in total. The number of benzene rings is 1. The van der Waals surface area contributed by atoms with Crippen molar-refractivity contribution in [2.75, 3.05) is 31.1 Å². The number of halogens is 1. The van der Waals surface area contributed by atoms with Gasteiger partial charge in [0.05, 0.1) is 10.7 Å². The van der Waals surface area contributed by atoms with Gasteiger partial charge in [0.15, 0.2) is 0 Å². The SMILES string of the molecule is Cc1ccc(-c2nc(C)c(C(=O)N3CCN(c4ccc(Cl)cn4)CC3)s2)c(C)c1. The highest BCUT2D eigenvalue weighted by atomic mass is 35.5. The monoisotopic (exact) mass is 426 g/mol. The Kier molecular flexibility index (Phi) is 5.56. The fourth-order valence-electron chi connectivity index (χ4n) is 3.60. The van der Waals surface area contributed by atoms with Crippen LogP contribution in [0.15, 0.2) is 36.5 Å². The van der Waals surface area contributed by atoms with Crippen LogP contribution in [-0.2, 0) is 0 Å². The molecule has 2 aromatic heterocycles. The average Bonchev–Trinajstić information content (AvgIpc) is 3.09. The second-order valence-electron chi connectivity index (χ2n) is 7.37. The maximum absolute atomic E-state index is 13.1. The van der Waals surface area contributed by atoms with E-state index in [-0.39, 0.29) is 5.91 Å². The van der Waals surface area contributed by atoms with Crippen LogP contribution in [0.3, 0.4) is 0 Å². The van der Waals surface area contributed by atoms with Crippen LogP contribution < -0.4 is 4.90 Å². The molecule has 3 aromatic rings. The van der Waals surface area contributed by atoms with Gasteiger partial charge in [-0.2, -0.15) is 0 Å². The molecule has 0 bridgehead atoms. The Bertz CT molecular complexity index is 1040. The van der Waals surface area contributed by atoms with Crippen molar-refractivity contribution in [3.8, 4) is 10.6 Å². The lowest BCUT2D eigenvalue weighted by Crippen LogP contribution is -2.49. The van der Waals surface area contributed by atoms with E-state index in [1.54, 1.807) is 6.20 Å². The van der Waals surface area contributed by atoms with E-state index >= 15 is 0 Å². The predicted octanol–water partition coefficient (Wildman–Crippen LogP) is 4.75. The van der Waals surface area contributed by atoms with Crippen LogP contribution in [0.25, 0.3) is 10.6 Å². The fraction of sp³-hybridized carbons (Fsp3) is 0.318. The van der Waals surface area contributed by atoms with Gasteiger partial charge in [0.1, 0.15) is 15.7 Å². The number of carbonyl (C=O) groups excluding carboxylic acids is 1. The number of hydrogen-bond donors (Lipinski definition) is 0. The number of piperazine rings is 1. The number of pyridine rings is 1. The first-order valence-corrected chi connectivity index (χ1v) is 10.8. The minimum Gasteiger partial charge on any atom is -0.353 e. The van der Waals surface area contributed by atoms with Crippen molar-refractivity contribution >= 4 is 34.7 Å². The molecule has 0 saturated carbocycles. The van der Waals surface area contributed by atoms with Crippen molar-refractivity contribution < 1.29 is 4.79 Å². The van der Waals surface area contributed by atoms with E-state index in [1.807, 2.05) is 24.0 Å². The average molecular weight is 427 g/mol. The first-order valence-electron chi connectivity index (χ1n) is 9.63. The molecule has 5 nitrogen and oxygen atoms in total. The summed E-state index contributed by atoms with van der Waals surface area (Å²) in [7, 11) is 0. The zero-order valence-corrected chi connectivity index (χ0v) is 18.3. The van der Waals surface area contributed by atoms with Crippen molar-refractivity contribution in [2.24, 2.45) is 0 Å². The summed E-state index contributed by atoms with van der Waals surface area (Å²) in [5, 5.41) is 1.54. The van der Waals surface area contributed by atoms with E-state index in [2.05, 4.69) is 41.9 Å². The standard InChI is InChI=1S/C22H23ClN4OS/c1-14-4-6-18(15(2)12-14)21-25-16(3)20(29-21)22(28)27-10-8-26(9-11-27)19-7-5-17(23)13-24-19/h4-7,12-13H,8-11H2,1-3H3. The van der Waals surface area contributed by atoms with Gasteiger partial charge in [-0.1, -0.05) is 35.4 Å². The summed E-state index contributed by atoms with van der Waals surface area (Å²) >= 11 is 7.41. The van der Waals surface area contributed by atoms with Crippen LogP contribution >= 0.6 is 22.9 Å². The summed E-state index contributed by atoms with van der Waals surface area (Å²) in [6.45, 7) is 8.93. The fourth-order valence-corrected chi connectivity index (χ4v) is 4.84. The van der Waals surface area contributed by atoms with Gasteiger partial charge < -0.3 is 9.80 Å². The summed E-state index contributed by atoms with van der Waals surface area (Å²) in [4.78, 5) is 27.0. The van der Waals surface area contributed by atoms with Gasteiger partial charge >= 0.3 is 0 Å². The zero-order valence-electron chi connectivity index (χ0n) is 16.8. The number of rotatable bonds is 3. The highest BCUT2D eigenvalue weighted by Crippen LogP contribution is 2.31. The molecule has 1 aliphatic rings. The number of anilines is 1. The van der Waals surface area contributed by atoms with Crippen LogP contribution in [0.4, 0.5) is 5.82 Å². The first kappa shape index (κ1) is 19.9. The molecular weight excluding hydrogens is 404 g/mol. The Morgan fingerprint density at radius 1 is 1.07 bits per heavy atom. The molecule has 7 heteroatoms. The maximum Gasteiger partial charge on any atom is 0.265 e. The second-order valence-corrected chi connectivity index (χ2v) is 8.80. The van der Waals surface area contributed by atoms with Crippen molar-refractivity contribution in [1.82, 2.24) is 14.9 Å². The van der Waals surface area contributed by atoms with Crippen molar-refractivity contribution in [3.63, 3.8) is 0 Å². The van der Waals surface area contributed by atoms with Gasteiger partial charge in [0.2, 0.25) is 0 Å². The van der Waals surface area contributed by atoms with E-state index < -0.39 is 0 Å². The van der Waals surface area contributed by atoms with Gasteiger partial charge in [-0.25, -0.2) is 9.97 Å². The molecule has 0 spiro atoms. The number of aromatic nitrogens is 2. The smallest absolute Gasteiger partial charge is 0.265 e. The molecule has 0 radical (unpaired) electrons. The molecule has 1 saturated heterocycles. The lowest BCUT2D eigenvalue weighted by molar-refractivity contribution is 0.0750. The third kappa shape index (κ3) is 4.14. The largest absolute Gasteiger partial charge is 0.353 e. The Labute approximate surface area is 180 Å². The summed E-state index contributed by atoms with van der Waals surface area (Å²) < 4.78 is 0. The summed E-state index contributed by atoms with van der Waals surface area (Å²) in [5.74, 6) is 0.965. The number of hydrogen-bond acceptors (Lipinski definition) is 5. The molecule has 4 rings (SSSR count). The molecule has 1 fully saturated rings. The molecule has 1 amide bonds. The van der Waals surface area contributed by atoms with Gasteiger partial charge in [-0.15, -0.1) is 11.3 Å². The third-order valence-electron chi connectivity index (χ3n) is 5.21. The normalized spacial score (nSPS) is 14.3. The van der Waals surface area contributed by atoms with E-state index in [1.165, 1.54) is 22.5 Å². The van der Waals surface area contributed by atoms with E-state index in [4.69, 9.17) is 16.6 Å². The Morgan fingerprint density at radius 2 is 1.83 bits per heavy atom. The molecule has 29 heavy (non-hydrogen) atoms. The third-order valence-corrected chi connectivity index (χ3v) is 6.61. The predicted molar refractivity (Wildman–Crippen MR) is 119 cm³/mol. The van der Waals surface area contributed by atoms with Gasteiger partial charge in [0, 0.05) is 37.9 Å². The zero-order chi connectivity index (χ0) is 20.5. The van der Waals surface area contributed by atoms with Gasteiger partial charge in [0.25, 0.3) is 5.91 Å². The highest BCUT2D eigenvalue weighted by Gasteiger charge is 2.26. The summed E-state index contributed by atoms with van der Waals surface area (Å²) in [6, 6.07) is 10.1. The Morgan fingerprint density at radius 3 is 2.48 bits per heavy atom. The van der Waals surface area contributed by atoms with Crippen LogP contribution in [0.5, 0.6) is 0 Å². The highest BCUT2D eigenvalue weighted by molar-refractivity contribution is 7.17. The number of nitrogens with zero attached hydrogens (tertiary/aromatic N) is 4. The Hall–Kier alpha value is -2.44. The summed E-state index contributed by atoms with van der Waals surface area (Å²) in [6.07, 6.45) is 1.66. The lowest BCUT2D eigenvalue weighted by Gasteiger charge is -2.35. The lowest BCUT2D eigenvalue weighted by atomic mass is 10.1. The van der Waals surface area contributed by atoms with Crippen molar-refractivity contribution in [2.45, 2.75) is 20.8 Å². The van der Waals surface area contributed by atoms with Crippen LogP contribution in [0.1, 0.15) is 26.5 Å². The Balaban J connectivity index is 1.48. The minimum absolute atomic E-state index is 0.0692. The number of aryl methyl sites for hydroxylation is 3. The van der Waals surface area contributed by atoms with Gasteiger partial charge in [-0.3, -0.25) is 4.79 Å². The molecule has 0 aliphatic carbocycles. The second kappa shape index (κ2) is 8.13. The number of thiazole rings is 1. The quantitative estimate of drug-likeness (QED) is 0.606. The number of amides is 1. The molecule has 150 valence electrons. The molecule has 0 unspecified atom stereocenters. The first-order chi connectivity index (χ1) is 13.9. The summed E-state index contributed by atoms with van der Waals surface area (Å²) in [5.41, 5.74) is 4.31. The van der Waals surface area contributed by atoms with E-state index in [0.29, 0.717) is 18.1 Å². The molecular formula is C22H23ClN4OS. The molecule has 1 aliphatic heterocycles. The van der Waals surface area contributed by atoms with E-state index in [9.17, 15) is 4.79 Å². The topological polar surface area (TPSA) is 49.3 Å². The van der Waals surface area contributed by atoms with Crippen LogP contribution in [0, 0.1) is 20.8 Å². The van der Waals surface area contributed by atoms with Gasteiger partial charge in [-0.05, 0) is 38.5 Å². The van der Waals surface area contributed by atoms with E-state index in [0.717, 1.165) is 40.0 Å². The van der Waals surface area contributed by atoms with Crippen molar-refractivity contribution in [3.05, 3.63) is 63.2 Å². The van der Waals surface area contributed by atoms with Crippen molar-refractivity contribution in [1.29, 1.82) is 0 Å². The maximum atomic E-state index is 13.1. The minimum atomic E-state index is 0.0692. The molecule has 3 heterocycles. The molecule has 1 aromatic carbocycles. The van der Waals surface area contributed by atoms with Crippen LogP contribution in [-0.4, -0.2) is 47.0 Å². The number of carbonyl (C=O) groups is 1.